The summed E-state index contributed by atoms with van der Waals surface area (Å²) in [4.78, 5) is 72.5. The van der Waals surface area contributed by atoms with Crippen LogP contribution in [0.1, 0.15) is 49.8 Å². The third-order valence-corrected chi connectivity index (χ3v) is 9.56. The Balaban J connectivity index is 1.33. The van der Waals surface area contributed by atoms with E-state index in [0.29, 0.717) is 37.8 Å². The van der Waals surface area contributed by atoms with E-state index < -0.39 is 59.7 Å². The van der Waals surface area contributed by atoms with Crippen LogP contribution in [0.25, 0.3) is 10.9 Å². The van der Waals surface area contributed by atoms with Crippen LogP contribution in [0.2, 0.25) is 0 Å². The number of nitrogens with two attached hydrogens (primary N) is 2. The molecule has 13 nitrogen and oxygen atoms in total. The number of aromatic amines is 1. The van der Waals surface area contributed by atoms with E-state index in [1.54, 1.807) is 18.3 Å². The van der Waals surface area contributed by atoms with Crippen molar-refractivity contribution in [2.75, 3.05) is 6.54 Å². The van der Waals surface area contributed by atoms with Gasteiger partial charge in [0.2, 0.25) is 29.5 Å². The van der Waals surface area contributed by atoms with Crippen molar-refractivity contribution in [2.45, 2.75) is 82.6 Å². The Bertz CT molecular complexity index is 1890. The van der Waals surface area contributed by atoms with Crippen molar-refractivity contribution >= 4 is 40.4 Å². The van der Waals surface area contributed by atoms with Gasteiger partial charge in [-0.25, -0.2) is 0 Å². The molecule has 9 N–H and O–H groups in total. The molecule has 0 unspecified atom stereocenters. The molecule has 5 atom stereocenters. The largest absolute Gasteiger partial charge is 0.508 e. The van der Waals surface area contributed by atoms with Gasteiger partial charge in [-0.15, -0.1) is 0 Å². The molecule has 0 spiro atoms. The number of nitrogens with one attached hydrogen (secondary N) is 4. The second-order valence-electron chi connectivity index (χ2n) is 14.1. The molecule has 0 radical (unpaired) electrons. The van der Waals surface area contributed by atoms with Crippen LogP contribution < -0.4 is 27.4 Å². The van der Waals surface area contributed by atoms with Crippen molar-refractivity contribution < 1.29 is 29.1 Å². The smallest absolute Gasteiger partial charge is 0.245 e. The first kappa shape index (κ1) is 38.5. The highest BCUT2D eigenvalue weighted by Gasteiger charge is 2.39. The maximum atomic E-state index is 14.1. The maximum Gasteiger partial charge on any atom is 0.245 e. The van der Waals surface area contributed by atoms with Gasteiger partial charge in [0.05, 0.1) is 6.04 Å². The molecular formula is C40H49N7O6. The molecule has 1 fully saturated rings. The number of amides is 5. The van der Waals surface area contributed by atoms with Crippen LogP contribution in [0.5, 0.6) is 5.75 Å². The van der Waals surface area contributed by atoms with Crippen molar-refractivity contribution in [1.82, 2.24) is 25.8 Å². The number of nitrogens with zero attached hydrogens (tertiary/aromatic N) is 1. The molecule has 1 aliphatic rings. The highest BCUT2D eigenvalue weighted by molar-refractivity contribution is 5.96. The second kappa shape index (κ2) is 17.7. The lowest BCUT2D eigenvalue weighted by atomic mass is 10.00. The predicted octanol–water partition coefficient (Wildman–Crippen LogP) is 2.21. The first-order valence-electron chi connectivity index (χ1n) is 18.0. The van der Waals surface area contributed by atoms with Crippen LogP contribution in [-0.2, 0) is 43.2 Å². The van der Waals surface area contributed by atoms with E-state index in [4.69, 9.17) is 11.5 Å². The number of fused-ring (bicyclic) bond motifs is 1. The van der Waals surface area contributed by atoms with Crippen molar-refractivity contribution in [3.05, 3.63) is 102 Å². The number of phenols is 1. The Morgan fingerprint density at radius 2 is 1.47 bits per heavy atom. The van der Waals surface area contributed by atoms with Crippen LogP contribution in [-0.4, -0.2) is 81.3 Å². The van der Waals surface area contributed by atoms with E-state index in [-0.39, 0.29) is 24.5 Å². The number of carbonyl (C=O) groups is 5. The summed E-state index contributed by atoms with van der Waals surface area (Å²) in [5.74, 6) is -2.66. The third kappa shape index (κ3) is 10.2. The van der Waals surface area contributed by atoms with Crippen LogP contribution in [0.4, 0.5) is 0 Å². The Labute approximate surface area is 308 Å². The summed E-state index contributed by atoms with van der Waals surface area (Å²) >= 11 is 0. The van der Waals surface area contributed by atoms with E-state index in [0.717, 1.165) is 22.0 Å². The molecule has 0 saturated carbocycles. The lowest BCUT2D eigenvalue weighted by Crippen LogP contribution is -2.59. The Kier molecular flexibility index (Phi) is 12.9. The molecule has 3 aromatic carbocycles. The van der Waals surface area contributed by atoms with Gasteiger partial charge < -0.3 is 42.4 Å². The van der Waals surface area contributed by atoms with Gasteiger partial charge in [0.1, 0.15) is 29.9 Å². The van der Waals surface area contributed by atoms with Gasteiger partial charge in [0, 0.05) is 36.5 Å². The average Bonchev–Trinajstić information content (AvgIpc) is 3.79. The molecule has 4 aromatic rings. The molecule has 53 heavy (non-hydrogen) atoms. The number of primary amides is 1. The minimum absolute atomic E-state index is 0.0495. The predicted molar refractivity (Wildman–Crippen MR) is 201 cm³/mol. The van der Waals surface area contributed by atoms with Gasteiger partial charge in [-0.1, -0.05) is 74.5 Å². The number of aromatic hydroxyl groups is 1. The molecule has 1 saturated heterocycles. The summed E-state index contributed by atoms with van der Waals surface area (Å²) in [5.41, 5.74) is 15.1. The minimum atomic E-state index is -1.14. The number of rotatable bonds is 16. The standard InChI is InChI=1S/C40H49N7O6/c1-24(2)19-34(46-37(50)30(41)20-25-9-4-3-5-10-25)40(53)47-18-8-13-35(47)39(52)45-33(22-27-23-43-31-12-7-6-11-29(27)31)38(51)44-32(36(42)49)21-26-14-16-28(48)17-15-26/h3-7,9-12,14-17,23-24,30,32-35,43,48H,8,13,18-22,41H2,1-2H3,(H2,42,49)(H,44,51)(H,45,52)(H,46,50)/t30-,32-,33-,34-,35-/m0/s1. The molecule has 5 amide bonds. The topological polar surface area (TPSA) is 213 Å². The lowest BCUT2D eigenvalue weighted by Gasteiger charge is -2.31. The Morgan fingerprint density at radius 1 is 0.811 bits per heavy atom. The maximum absolute atomic E-state index is 14.1. The first-order valence-corrected chi connectivity index (χ1v) is 18.0. The molecule has 280 valence electrons. The van der Waals surface area contributed by atoms with Gasteiger partial charge in [0.25, 0.3) is 0 Å². The van der Waals surface area contributed by atoms with Gasteiger partial charge in [0.15, 0.2) is 0 Å². The highest BCUT2D eigenvalue weighted by atomic mass is 16.3. The summed E-state index contributed by atoms with van der Waals surface area (Å²) in [6, 6.07) is 18.2. The molecule has 2 heterocycles. The van der Waals surface area contributed by atoms with Gasteiger partial charge in [-0.05, 0) is 66.5 Å². The number of hydrogen-bond acceptors (Lipinski definition) is 7. The fourth-order valence-electron chi connectivity index (χ4n) is 6.80. The summed E-state index contributed by atoms with van der Waals surface area (Å²) in [6.07, 6.45) is 3.47. The Hall–Kier alpha value is -5.69. The monoisotopic (exact) mass is 723 g/mol. The third-order valence-electron chi connectivity index (χ3n) is 9.56. The molecule has 0 aliphatic carbocycles. The summed E-state index contributed by atoms with van der Waals surface area (Å²) in [6.45, 7) is 4.19. The van der Waals surface area contributed by atoms with Crippen molar-refractivity contribution in [3.8, 4) is 5.75 Å². The van der Waals surface area contributed by atoms with Crippen molar-refractivity contribution in [1.29, 1.82) is 0 Å². The second-order valence-corrected chi connectivity index (χ2v) is 14.1. The van der Waals surface area contributed by atoms with Crippen molar-refractivity contribution in [2.24, 2.45) is 17.4 Å². The number of hydrogen-bond donors (Lipinski definition) is 7. The van der Waals surface area contributed by atoms with E-state index in [1.165, 1.54) is 17.0 Å². The minimum Gasteiger partial charge on any atom is -0.508 e. The SMILES string of the molecule is CC(C)C[C@H](NC(=O)[C@@H](N)Cc1ccccc1)C(=O)N1CCC[C@H]1C(=O)N[C@@H](Cc1c[nH]c2ccccc12)C(=O)N[C@@H](Cc1ccc(O)cc1)C(N)=O. The number of phenolic OH excluding ortho intramolecular Hbond substituents is 1. The quantitative estimate of drug-likeness (QED) is 0.0915. The number of H-pyrrole nitrogens is 1. The molecule has 13 heteroatoms. The zero-order valence-corrected chi connectivity index (χ0v) is 30.1. The lowest BCUT2D eigenvalue weighted by molar-refractivity contribution is -0.142. The molecule has 1 aromatic heterocycles. The Morgan fingerprint density at radius 3 is 2.17 bits per heavy atom. The highest BCUT2D eigenvalue weighted by Crippen LogP contribution is 2.23. The molecular weight excluding hydrogens is 674 g/mol. The van der Waals surface area contributed by atoms with E-state index in [9.17, 15) is 29.1 Å². The van der Waals surface area contributed by atoms with Crippen LogP contribution in [0.15, 0.2) is 85.1 Å². The summed E-state index contributed by atoms with van der Waals surface area (Å²) < 4.78 is 0. The number of carbonyl (C=O) groups excluding carboxylic acids is 5. The van der Waals surface area contributed by atoms with Crippen LogP contribution >= 0.6 is 0 Å². The molecule has 5 rings (SSSR count). The number of para-hydroxylation sites is 1. The fraction of sp³-hybridized carbons (Fsp3) is 0.375. The van der Waals surface area contributed by atoms with Crippen LogP contribution in [0, 0.1) is 5.92 Å². The average molecular weight is 724 g/mol. The molecule has 1 aliphatic heterocycles. The summed E-state index contributed by atoms with van der Waals surface area (Å²) in [5, 5.41) is 19.0. The zero-order chi connectivity index (χ0) is 38.1. The van der Waals surface area contributed by atoms with Crippen LogP contribution in [0.3, 0.4) is 0 Å². The van der Waals surface area contributed by atoms with Gasteiger partial charge in [-0.3, -0.25) is 24.0 Å². The van der Waals surface area contributed by atoms with E-state index >= 15 is 0 Å². The van der Waals surface area contributed by atoms with Gasteiger partial charge >= 0.3 is 0 Å². The number of aromatic nitrogens is 1. The normalized spacial score (nSPS) is 16.5. The zero-order valence-electron chi connectivity index (χ0n) is 30.1. The van der Waals surface area contributed by atoms with Gasteiger partial charge in [-0.2, -0.15) is 0 Å². The van der Waals surface area contributed by atoms with E-state index in [2.05, 4.69) is 20.9 Å². The summed E-state index contributed by atoms with van der Waals surface area (Å²) in [7, 11) is 0. The van der Waals surface area contributed by atoms with E-state index in [1.807, 2.05) is 68.4 Å². The van der Waals surface area contributed by atoms with Crippen molar-refractivity contribution in [3.63, 3.8) is 0 Å². The first-order chi connectivity index (χ1) is 25.4. The molecule has 0 bridgehead atoms. The number of benzene rings is 3. The fourth-order valence-corrected chi connectivity index (χ4v) is 6.80. The number of likely N-dealkylation sites (tertiary alicyclic amines) is 1.